The van der Waals surface area contributed by atoms with E-state index in [9.17, 15) is 15.3 Å². The van der Waals surface area contributed by atoms with E-state index in [0.29, 0.717) is 5.69 Å². The van der Waals surface area contributed by atoms with Crippen LogP contribution in [0.2, 0.25) is 0 Å². The second kappa shape index (κ2) is 4.55. The van der Waals surface area contributed by atoms with Gasteiger partial charge in [-0.3, -0.25) is 15.3 Å². The molecule has 5 nitrogen and oxygen atoms in total. The van der Waals surface area contributed by atoms with Crippen molar-refractivity contribution in [3.63, 3.8) is 0 Å². The third-order valence-electron chi connectivity index (χ3n) is 3.05. The molecular formula is C12H14N2O3. The van der Waals surface area contributed by atoms with Crippen LogP contribution in [0.15, 0.2) is 35.9 Å². The molecule has 5 heteroatoms. The molecule has 0 aliphatic heterocycles. The minimum absolute atomic E-state index is 0.0172. The lowest BCUT2D eigenvalue weighted by molar-refractivity contribution is -0.384. The first kappa shape index (κ1) is 11.6. The average Bonchev–Trinajstić information content (AvgIpc) is 2.74. The van der Waals surface area contributed by atoms with Gasteiger partial charge < -0.3 is 0 Å². The van der Waals surface area contributed by atoms with Crippen LogP contribution in [0, 0.1) is 10.1 Å². The Balaban J connectivity index is 2.17. The summed E-state index contributed by atoms with van der Waals surface area (Å²) >= 11 is 0. The van der Waals surface area contributed by atoms with E-state index in [1.54, 1.807) is 12.1 Å². The highest BCUT2D eigenvalue weighted by molar-refractivity contribution is 5.51. The summed E-state index contributed by atoms with van der Waals surface area (Å²) in [5.74, 6) is 0. The number of allylic oxidation sites excluding steroid dienone is 1. The van der Waals surface area contributed by atoms with E-state index < -0.39 is 4.92 Å². The summed E-state index contributed by atoms with van der Waals surface area (Å²) in [6, 6.07) is 5.89. The monoisotopic (exact) mass is 234 g/mol. The number of hydroxylamine groups is 1. The number of hydrogen-bond acceptors (Lipinski definition) is 4. The van der Waals surface area contributed by atoms with Gasteiger partial charge in [0.05, 0.1) is 16.7 Å². The Morgan fingerprint density at radius 1 is 1.41 bits per heavy atom. The largest absolute Gasteiger partial charge is 0.288 e. The molecule has 0 spiro atoms. The molecule has 0 amide bonds. The van der Waals surface area contributed by atoms with E-state index in [4.69, 9.17) is 0 Å². The SMILES string of the molecule is CC1=CCCC1N(O)c1ccc([N+](=O)[O-])cc1. The maximum Gasteiger partial charge on any atom is 0.269 e. The Hall–Kier alpha value is -1.88. The Kier molecular flexibility index (Phi) is 3.10. The number of hydrogen-bond donors (Lipinski definition) is 1. The fraction of sp³-hybridized carbons (Fsp3) is 0.333. The standard InChI is InChI=1S/C12H14N2O3/c1-9-3-2-4-12(9)13(15)10-5-7-11(8-6-10)14(16)17/h3,5-8,12,15H,2,4H2,1H3. The van der Waals surface area contributed by atoms with Crippen molar-refractivity contribution in [2.45, 2.75) is 25.8 Å². The molecule has 0 saturated carbocycles. The van der Waals surface area contributed by atoms with Gasteiger partial charge in [-0.2, -0.15) is 0 Å². The summed E-state index contributed by atoms with van der Waals surface area (Å²) < 4.78 is 0. The molecule has 0 heterocycles. The number of non-ortho nitro benzene ring substituents is 1. The lowest BCUT2D eigenvalue weighted by atomic mass is 10.1. The molecule has 0 radical (unpaired) electrons. The molecule has 1 aliphatic rings. The molecule has 0 aromatic heterocycles. The van der Waals surface area contributed by atoms with Crippen molar-refractivity contribution < 1.29 is 10.1 Å². The van der Waals surface area contributed by atoms with Crippen LogP contribution in [-0.4, -0.2) is 16.2 Å². The summed E-state index contributed by atoms with van der Waals surface area (Å²) in [5.41, 5.74) is 1.74. The first-order valence-corrected chi connectivity index (χ1v) is 5.49. The topological polar surface area (TPSA) is 66.6 Å². The number of nitro groups is 1. The van der Waals surface area contributed by atoms with E-state index in [0.717, 1.165) is 18.4 Å². The Labute approximate surface area is 99.1 Å². The zero-order valence-corrected chi connectivity index (χ0v) is 9.54. The smallest absolute Gasteiger partial charge is 0.269 e. The van der Waals surface area contributed by atoms with E-state index in [1.807, 2.05) is 6.92 Å². The number of nitrogens with zero attached hydrogens (tertiary/aromatic N) is 2. The second-order valence-electron chi connectivity index (χ2n) is 4.16. The first-order valence-electron chi connectivity index (χ1n) is 5.49. The van der Waals surface area contributed by atoms with Gasteiger partial charge in [-0.15, -0.1) is 0 Å². The summed E-state index contributed by atoms with van der Waals surface area (Å²) in [5, 5.41) is 21.7. The van der Waals surface area contributed by atoms with Gasteiger partial charge in [0.2, 0.25) is 0 Å². The number of rotatable bonds is 3. The van der Waals surface area contributed by atoms with Crippen molar-refractivity contribution in [1.82, 2.24) is 0 Å². The maximum absolute atomic E-state index is 10.5. The number of benzene rings is 1. The molecule has 1 N–H and O–H groups in total. The van der Waals surface area contributed by atoms with Crippen molar-refractivity contribution >= 4 is 11.4 Å². The van der Waals surface area contributed by atoms with Crippen LogP contribution < -0.4 is 5.06 Å². The molecule has 90 valence electrons. The zero-order valence-electron chi connectivity index (χ0n) is 9.54. The first-order chi connectivity index (χ1) is 8.09. The van der Waals surface area contributed by atoms with E-state index in [2.05, 4.69) is 6.08 Å². The summed E-state index contributed by atoms with van der Waals surface area (Å²) in [6.07, 6.45) is 3.93. The summed E-state index contributed by atoms with van der Waals surface area (Å²) in [7, 11) is 0. The Bertz CT molecular complexity index is 453. The third-order valence-corrected chi connectivity index (χ3v) is 3.05. The van der Waals surface area contributed by atoms with Crippen LogP contribution in [0.3, 0.4) is 0 Å². The molecule has 1 aliphatic carbocycles. The molecule has 2 rings (SSSR count). The Morgan fingerprint density at radius 3 is 2.53 bits per heavy atom. The van der Waals surface area contributed by atoms with Crippen molar-refractivity contribution in [1.29, 1.82) is 0 Å². The molecular weight excluding hydrogens is 220 g/mol. The predicted octanol–water partition coefficient (Wildman–Crippen LogP) is 2.90. The summed E-state index contributed by atoms with van der Waals surface area (Å²) in [4.78, 5) is 10.1. The normalized spacial score (nSPS) is 18.9. The lowest BCUT2D eigenvalue weighted by Gasteiger charge is -2.25. The molecule has 1 aromatic rings. The minimum atomic E-state index is -0.452. The number of nitro benzene ring substituents is 1. The summed E-state index contributed by atoms with van der Waals surface area (Å²) in [6.45, 7) is 1.98. The van der Waals surface area contributed by atoms with Gasteiger partial charge >= 0.3 is 0 Å². The fourth-order valence-corrected chi connectivity index (χ4v) is 2.05. The molecule has 1 atom stereocenters. The highest BCUT2D eigenvalue weighted by Crippen LogP contribution is 2.28. The van der Waals surface area contributed by atoms with Crippen LogP contribution >= 0.6 is 0 Å². The van der Waals surface area contributed by atoms with Crippen LogP contribution in [0.4, 0.5) is 11.4 Å². The minimum Gasteiger partial charge on any atom is -0.288 e. The van der Waals surface area contributed by atoms with Crippen LogP contribution in [0.25, 0.3) is 0 Å². The molecule has 1 aromatic carbocycles. The van der Waals surface area contributed by atoms with Gasteiger partial charge in [-0.25, -0.2) is 5.06 Å². The van der Waals surface area contributed by atoms with Crippen LogP contribution in [0.5, 0.6) is 0 Å². The van der Waals surface area contributed by atoms with Gasteiger partial charge in [0.15, 0.2) is 0 Å². The molecule has 0 bridgehead atoms. The van der Waals surface area contributed by atoms with Crippen molar-refractivity contribution in [3.05, 3.63) is 46.0 Å². The van der Waals surface area contributed by atoms with Gasteiger partial charge in [0.25, 0.3) is 5.69 Å². The van der Waals surface area contributed by atoms with Crippen molar-refractivity contribution in [2.24, 2.45) is 0 Å². The Morgan fingerprint density at radius 2 is 2.06 bits per heavy atom. The van der Waals surface area contributed by atoms with E-state index in [-0.39, 0.29) is 11.7 Å². The zero-order chi connectivity index (χ0) is 12.4. The fourth-order valence-electron chi connectivity index (χ4n) is 2.05. The van der Waals surface area contributed by atoms with Gasteiger partial charge in [0, 0.05) is 12.1 Å². The average molecular weight is 234 g/mol. The number of anilines is 1. The van der Waals surface area contributed by atoms with Gasteiger partial charge in [-0.1, -0.05) is 11.6 Å². The molecule has 1 unspecified atom stereocenters. The molecule has 0 saturated heterocycles. The van der Waals surface area contributed by atoms with E-state index >= 15 is 0 Å². The molecule has 0 fully saturated rings. The predicted molar refractivity (Wildman–Crippen MR) is 64.1 cm³/mol. The second-order valence-corrected chi connectivity index (χ2v) is 4.16. The lowest BCUT2D eigenvalue weighted by Crippen LogP contribution is -2.31. The highest BCUT2D eigenvalue weighted by Gasteiger charge is 2.22. The van der Waals surface area contributed by atoms with E-state index in [1.165, 1.54) is 17.2 Å². The van der Waals surface area contributed by atoms with Gasteiger partial charge in [-0.05, 0) is 31.9 Å². The highest BCUT2D eigenvalue weighted by atomic mass is 16.6. The third kappa shape index (κ3) is 2.29. The quantitative estimate of drug-likeness (QED) is 0.496. The van der Waals surface area contributed by atoms with Crippen LogP contribution in [0.1, 0.15) is 19.8 Å². The maximum atomic E-state index is 10.5. The molecule has 17 heavy (non-hydrogen) atoms. The van der Waals surface area contributed by atoms with Gasteiger partial charge in [0.1, 0.15) is 0 Å². The van der Waals surface area contributed by atoms with Crippen molar-refractivity contribution in [2.75, 3.05) is 5.06 Å². The van der Waals surface area contributed by atoms with Crippen molar-refractivity contribution in [3.8, 4) is 0 Å². The van der Waals surface area contributed by atoms with Crippen LogP contribution in [-0.2, 0) is 0 Å².